The van der Waals surface area contributed by atoms with Crippen LogP contribution in [-0.4, -0.2) is 29.4 Å². The van der Waals surface area contributed by atoms with Gasteiger partial charge in [-0.3, -0.25) is 14.6 Å². The predicted octanol–water partition coefficient (Wildman–Crippen LogP) is 2.89. The minimum Gasteiger partial charge on any atom is -0.354 e. The van der Waals surface area contributed by atoms with E-state index >= 15 is 0 Å². The number of hydrogen-bond donors (Lipinski definition) is 2. The molecule has 1 aromatic carbocycles. The zero-order valence-electron chi connectivity index (χ0n) is 15.7. The van der Waals surface area contributed by atoms with E-state index < -0.39 is 6.04 Å². The van der Waals surface area contributed by atoms with Crippen LogP contribution < -0.4 is 10.6 Å². The van der Waals surface area contributed by atoms with Crippen LogP contribution >= 0.6 is 0 Å². The molecule has 5 heteroatoms. The smallest absolute Gasteiger partial charge is 0.252 e. The largest absolute Gasteiger partial charge is 0.354 e. The highest BCUT2D eigenvalue weighted by Crippen LogP contribution is 2.10. The minimum absolute atomic E-state index is 0.156. The summed E-state index contributed by atoms with van der Waals surface area (Å²) in [6.45, 7) is 6.45. The Hall–Kier alpha value is -2.69. The quantitative estimate of drug-likeness (QED) is 0.766. The van der Waals surface area contributed by atoms with Crippen LogP contribution in [0.3, 0.4) is 0 Å². The van der Waals surface area contributed by atoms with E-state index in [1.165, 1.54) is 0 Å². The van der Waals surface area contributed by atoms with Crippen LogP contribution in [0.5, 0.6) is 0 Å². The zero-order chi connectivity index (χ0) is 18.9. The zero-order valence-corrected chi connectivity index (χ0v) is 15.7. The fraction of sp³-hybridized carbons (Fsp3) is 0.381. The summed E-state index contributed by atoms with van der Waals surface area (Å²) < 4.78 is 0. The van der Waals surface area contributed by atoms with Gasteiger partial charge in [-0.1, -0.05) is 38.1 Å². The van der Waals surface area contributed by atoms with Gasteiger partial charge in [0.25, 0.3) is 5.91 Å². The van der Waals surface area contributed by atoms with E-state index in [0.717, 1.165) is 11.3 Å². The standard InChI is InChI=1S/C21H27N3O2/c1-15(2)14-19(24-20(25)18-10-5-4-8-16(18)3)21(26)23-13-11-17-9-6-7-12-22-17/h4-10,12,15,19H,11,13-14H2,1-3H3,(H,23,26)(H,24,25). The number of nitrogens with one attached hydrogen (secondary N) is 2. The fourth-order valence-electron chi connectivity index (χ4n) is 2.75. The monoisotopic (exact) mass is 353 g/mol. The first-order valence-electron chi connectivity index (χ1n) is 9.01. The van der Waals surface area contributed by atoms with E-state index in [1.54, 1.807) is 12.3 Å². The minimum atomic E-state index is -0.550. The Bertz CT molecular complexity index is 729. The summed E-state index contributed by atoms with van der Waals surface area (Å²) in [4.78, 5) is 29.4. The van der Waals surface area contributed by atoms with Crippen LogP contribution in [0.2, 0.25) is 0 Å². The van der Waals surface area contributed by atoms with Crippen molar-refractivity contribution in [3.63, 3.8) is 0 Å². The van der Waals surface area contributed by atoms with Gasteiger partial charge in [0.05, 0.1) is 0 Å². The average molecular weight is 353 g/mol. The topological polar surface area (TPSA) is 71.1 Å². The normalized spacial score (nSPS) is 11.8. The fourth-order valence-corrected chi connectivity index (χ4v) is 2.75. The number of amides is 2. The Morgan fingerprint density at radius 3 is 2.46 bits per heavy atom. The van der Waals surface area contributed by atoms with Crippen molar-refractivity contribution in [2.24, 2.45) is 5.92 Å². The second-order valence-electron chi connectivity index (χ2n) is 6.83. The van der Waals surface area contributed by atoms with E-state index in [4.69, 9.17) is 0 Å². The molecule has 2 rings (SSSR count). The van der Waals surface area contributed by atoms with Gasteiger partial charge < -0.3 is 10.6 Å². The van der Waals surface area contributed by atoms with Crippen molar-refractivity contribution < 1.29 is 9.59 Å². The average Bonchev–Trinajstić information content (AvgIpc) is 2.62. The van der Waals surface area contributed by atoms with Crippen LogP contribution in [0.4, 0.5) is 0 Å². The number of aryl methyl sites for hydroxylation is 1. The summed E-state index contributed by atoms with van der Waals surface area (Å²) in [5, 5.41) is 5.80. The van der Waals surface area contributed by atoms with E-state index in [9.17, 15) is 9.59 Å². The molecule has 2 N–H and O–H groups in total. The van der Waals surface area contributed by atoms with Gasteiger partial charge in [0.2, 0.25) is 5.91 Å². The van der Waals surface area contributed by atoms with Gasteiger partial charge >= 0.3 is 0 Å². The first-order valence-corrected chi connectivity index (χ1v) is 9.01. The number of benzene rings is 1. The van der Waals surface area contributed by atoms with Gasteiger partial charge in [0.1, 0.15) is 6.04 Å². The Balaban J connectivity index is 1.96. The molecular weight excluding hydrogens is 326 g/mol. The molecule has 5 nitrogen and oxygen atoms in total. The van der Waals surface area contributed by atoms with Crippen molar-refractivity contribution in [3.05, 3.63) is 65.5 Å². The van der Waals surface area contributed by atoms with Gasteiger partial charge in [0.15, 0.2) is 0 Å². The third kappa shape index (κ3) is 5.99. The number of aromatic nitrogens is 1. The lowest BCUT2D eigenvalue weighted by Crippen LogP contribution is -2.48. The van der Waals surface area contributed by atoms with E-state index in [2.05, 4.69) is 15.6 Å². The van der Waals surface area contributed by atoms with Gasteiger partial charge in [0, 0.05) is 30.4 Å². The molecule has 26 heavy (non-hydrogen) atoms. The molecule has 0 aliphatic carbocycles. The van der Waals surface area contributed by atoms with Crippen molar-refractivity contribution in [1.82, 2.24) is 15.6 Å². The second-order valence-corrected chi connectivity index (χ2v) is 6.83. The molecule has 1 heterocycles. The summed E-state index contributed by atoms with van der Waals surface area (Å²) in [6.07, 6.45) is 2.99. The highest BCUT2D eigenvalue weighted by Gasteiger charge is 2.22. The van der Waals surface area contributed by atoms with E-state index in [0.29, 0.717) is 30.9 Å². The molecule has 0 saturated carbocycles. The van der Waals surface area contributed by atoms with Crippen molar-refractivity contribution in [2.45, 2.75) is 39.7 Å². The van der Waals surface area contributed by atoms with Crippen molar-refractivity contribution in [2.75, 3.05) is 6.54 Å². The van der Waals surface area contributed by atoms with Crippen molar-refractivity contribution in [3.8, 4) is 0 Å². The molecule has 1 unspecified atom stereocenters. The maximum Gasteiger partial charge on any atom is 0.252 e. The van der Waals surface area contributed by atoms with Gasteiger partial charge in [-0.15, -0.1) is 0 Å². The number of hydrogen-bond acceptors (Lipinski definition) is 3. The lowest BCUT2D eigenvalue weighted by Gasteiger charge is -2.20. The third-order valence-corrected chi connectivity index (χ3v) is 4.13. The highest BCUT2D eigenvalue weighted by atomic mass is 16.2. The Labute approximate surface area is 155 Å². The van der Waals surface area contributed by atoms with E-state index in [1.807, 2.05) is 57.2 Å². The SMILES string of the molecule is Cc1ccccc1C(=O)NC(CC(C)C)C(=O)NCCc1ccccn1. The highest BCUT2D eigenvalue weighted by molar-refractivity contribution is 5.98. The maximum absolute atomic E-state index is 12.6. The Morgan fingerprint density at radius 1 is 1.08 bits per heavy atom. The van der Waals surface area contributed by atoms with Crippen LogP contribution in [0.25, 0.3) is 0 Å². The number of carbonyl (C=O) groups excluding carboxylic acids is 2. The van der Waals surface area contributed by atoms with Gasteiger partial charge in [-0.2, -0.15) is 0 Å². The number of pyridine rings is 1. The number of carbonyl (C=O) groups is 2. The molecule has 0 aliphatic heterocycles. The molecular formula is C21H27N3O2. The molecule has 1 aromatic heterocycles. The lowest BCUT2D eigenvalue weighted by atomic mass is 10.0. The summed E-state index contributed by atoms with van der Waals surface area (Å²) in [7, 11) is 0. The van der Waals surface area contributed by atoms with Gasteiger partial charge in [-0.05, 0) is 43.0 Å². The summed E-state index contributed by atoms with van der Waals surface area (Å²) in [5.74, 6) is -0.0797. The van der Waals surface area contributed by atoms with E-state index in [-0.39, 0.29) is 11.8 Å². The molecule has 2 amide bonds. The van der Waals surface area contributed by atoms with Crippen LogP contribution in [0.15, 0.2) is 48.7 Å². The summed E-state index contributed by atoms with van der Waals surface area (Å²) in [6, 6.07) is 12.5. The predicted molar refractivity (Wildman–Crippen MR) is 103 cm³/mol. The molecule has 0 aliphatic rings. The summed E-state index contributed by atoms with van der Waals surface area (Å²) in [5.41, 5.74) is 2.42. The van der Waals surface area contributed by atoms with Crippen molar-refractivity contribution >= 4 is 11.8 Å². The van der Waals surface area contributed by atoms with Crippen LogP contribution in [0.1, 0.15) is 41.9 Å². The van der Waals surface area contributed by atoms with Crippen LogP contribution in [-0.2, 0) is 11.2 Å². The second kappa shape index (κ2) is 9.70. The molecule has 0 radical (unpaired) electrons. The molecule has 2 aromatic rings. The number of nitrogens with zero attached hydrogens (tertiary/aromatic N) is 1. The first-order chi connectivity index (χ1) is 12.5. The number of rotatable bonds is 8. The lowest BCUT2D eigenvalue weighted by molar-refractivity contribution is -0.123. The van der Waals surface area contributed by atoms with Crippen LogP contribution in [0, 0.1) is 12.8 Å². The molecule has 0 spiro atoms. The molecule has 138 valence electrons. The molecule has 0 saturated heterocycles. The molecule has 0 fully saturated rings. The Kier molecular flexibility index (Phi) is 7.33. The Morgan fingerprint density at radius 2 is 1.81 bits per heavy atom. The van der Waals surface area contributed by atoms with Crippen molar-refractivity contribution in [1.29, 1.82) is 0 Å². The first kappa shape index (κ1) is 19.6. The molecule has 0 bridgehead atoms. The molecule has 1 atom stereocenters. The third-order valence-electron chi connectivity index (χ3n) is 4.13. The van der Waals surface area contributed by atoms with Gasteiger partial charge in [-0.25, -0.2) is 0 Å². The maximum atomic E-state index is 12.6. The summed E-state index contributed by atoms with van der Waals surface area (Å²) >= 11 is 0.